The Bertz CT molecular complexity index is 929. The van der Waals surface area contributed by atoms with Crippen molar-refractivity contribution in [2.24, 2.45) is 0 Å². The van der Waals surface area contributed by atoms with Gasteiger partial charge in [0.15, 0.2) is 0 Å². The molecule has 3 rings (SSSR count). The number of nitrogens with zero attached hydrogens (tertiary/aromatic N) is 2. The topological polar surface area (TPSA) is 76.0 Å². The van der Waals surface area contributed by atoms with Crippen LogP contribution in [0, 0.1) is 0 Å². The highest BCUT2D eigenvalue weighted by Crippen LogP contribution is 2.20. The van der Waals surface area contributed by atoms with Crippen LogP contribution >= 0.6 is 11.6 Å². The van der Waals surface area contributed by atoms with Gasteiger partial charge in [-0.25, -0.2) is 4.98 Å². The number of halogens is 1. The number of hydrogen-bond acceptors (Lipinski definition) is 3. The van der Waals surface area contributed by atoms with Crippen LogP contribution < -0.4 is 10.6 Å². The lowest BCUT2D eigenvalue weighted by atomic mass is 10.0. The van der Waals surface area contributed by atoms with Gasteiger partial charge in [-0.3, -0.25) is 9.59 Å². The van der Waals surface area contributed by atoms with Crippen LogP contribution in [0.4, 0.5) is 0 Å². The van der Waals surface area contributed by atoms with E-state index in [1.54, 1.807) is 36.8 Å². The van der Waals surface area contributed by atoms with E-state index in [9.17, 15) is 9.59 Å². The summed E-state index contributed by atoms with van der Waals surface area (Å²) >= 11 is 6.13. The minimum Gasteiger partial charge on any atom is -0.356 e. The van der Waals surface area contributed by atoms with Crippen molar-refractivity contribution in [3.8, 4) is 0 Å². The van der Waals surface area contributed by atoms with E-state index in [2.05, 4.69) is 15.6 Å². The Balaban J connectivity index is 1.59. The highest BCUT2D eigenvalue weighted by Gasteiger charge is 2.20. The summed E-state index contributed by atoms with van der Waals surface area (Å²) in [4.78, 5) is 29.1. The van der Waals surface area contributed by atoms with Gasteiger partial charge < -0.3 is 15.2 Å². The average molecular weight is 411 g/mol. The molecular formula is C22H23ClN4O2. The van der Waals surface area contributed by atoms with Crippen molar-refractivity contribution >= 4 is 23.4 Å². The lowest BCUT2D eigenvalue weighted by Crippen LogP contribution is -2.34. The molecule has 150 valence electrons. The Hall–Kier alpha value is -3.12. The second-order valence-corrected chi connectivity index (χ2v) is 7.03. The van der Waals surface area contributed by atoms with Crippen molar-refractivity contribution in [2.75, 3.05) is 6.54 Å². The van der Waals surface area contributed by atoms with Gasteiger partial charge in [0.2, 0.25) is 5.91 Å². The first kappa shape index (κ1) is 20.6. The molecule has 2 N–H and O–H groups in total. The monoisotopic (exact) mass is 410 g/mol. The van der Waals surface area contributed by atoms with Crippen LogP contribution in [0.5, 0.6) is 0 Å². The number of imidazole rings is 1. The van der Waals surface area contributed by atoms with Crippen LogP contribution in [-0.2, 0) is 11.3 Å². The number of hydrogen-bond donors (Lipinski definition) is 2. The molecule has 0 spiro atoms. The zero-order valence-electron chi connectivity index (χ0n) is 15.9. The summed E-state index contributed by atoms with van der Waals surface area (Å²) < 4.78 is 1.96. The fourth-order valence-corrected chi connectivity index (χ4v) is 3.21. The highest BCUT2D eigenvalue weighted by molar-refractivity contribution is 6.33. The summed E-state index contributed by atoms with van der Waals surface area (Å²) in [5.74, 6) is -0.429. The second kappa shape index (κ2) is 10.4. The number of amides is 2. The van der Waals surface area contributed by atoms with Crippen molar-refractivity contribution in [3.05, 3.63) is 89.5 Å². The fourth-order valence-electron chi connectivity index (χ4n) is 2.98. The molecule has 0 radical (unpaired) electrons. The van der Waals surface area contributed by atoms with E-state index < -0.39 is 6.04 Å². The molecule has 3 aromatic rings. The molecule has 1 atom stereocenters. The maximum absolute atomic E-state index is 12.7. The lowest BCUT2D eigenvalue weighted by Gasteiger charge is -2.19. The third kappa shape index (κ3) is 6.19. The molecule has 0 unspecified atom stereocenters. The SMILES string of the molecule is O=C(C[C@@H](NC(=O)c1ccccc1Cl)c1ccccc1)NCCCn1ccnc1. The van der Waals surface area contributed by atoms with Gasteiger partial charge in [-0.05, 0) is 24.1 Å². The number of aromatic nitrogens is 2. The zero-order valence-corrected chi connectivity index (χ0v) is 16.7. The van der Waals surface area contributed by atoms with Crippen molar-refractivity contribution in [3.63, 3.8) is 0 Å². The molecule has 0 saturated carbocycles. The van der Waals surface area contributed by atoms with Gasteiger partial charge in [-0.15, -0.1) is 0 Å². The fraction of sp³-hybridized carbons (Fsp3) is 0.227. The maximum Gasteiger partial charge on any atom is 0.253 e. The van der Waals surface area contributed by atoms with E-state index in [1.807, 2.05) is 41.1 Å². The molecular weight excluding hydrogens is 388 g/mol. The summed E-state index contributed by atoms with van der Waals surface area (Å²) in [5.41, 5.74) is 1.25. The van der Waals surface area contributed by atoms with Crippen LogP contribution in [0.2, 0.25) is 5.02 Å². The summed E-state index contributed by atoms with van der Waals surface area (Å²) in [6, 6.07) is 15.8. The summed E-state index contributed by atoms with van der Waals surface area (Å²) in [7, 11) is 0. The maximum atomic E-state index is 12.7. The molecule has 0 aliphatic heterocycles. The van der Waals surface area contributed by atoms with Crippen LogP contribution in [0.1, 0.15) is 34.8 Å². The van der Waals surface area contributed by atoms with E-state index in [1.165, 1.54) is 0 Å². The Kier molecular flexibility index (Phi) is 7.41. The first-order valence-electron chi connectivity index (χ1n) is 9.46. The van der Waals surface area contributed by atoms with E-state index in [0.29, 0.717) is 17.1 Å². The Morgan fingerprint density at radius 1 is 1.07 bits per heavy atom. The van der Waals surface area contributed by atoms with Crippen molar-refractivity contribution in [2.45, 2.75) is 25.4 Å². The van der Waals surface area contributed by atoms with Crippen LogP contribution in [0.3, 0.4) is 0 Å². The van der Waals surface area contributed by atoms with Crippen LogP contribution in [0.15, 0.2) is 73.3 Å². The Labute approximate surface area is 174 Å². The largest absolute Gasteiger partial charge is 0.356 e. The second-order valence-electron chi connectivity index (χ2n) is 6.62. The van der Waals surface area contributed by atoms with Gasteiger partial charge in [0.1, 0.15) is 0 Å². The molecule has 2 aromatic carbocycles. The normalized spacial score (nSPS) is 11.6. The Morgan fingerprint density at radius 3 is 2.55 bits per heavy atom. The molecule has 1 aromatic heterocycles. The zero-order chi connectivity index (χ0) is 20.5. The first-order valence-corrected chi connectivity index (χ1v) is 9.84. The summed E-state index contributed by atoms with van der Waals surface area (Å²) in [6.45, 7) is 1.34. The van der Waals surface area contributed by atoms with Gasteiger partial charge in [-0.2, -0.15) is 0 Å². The molecule has 2 amide bonds. The molecule has 0 aliphatic carbocycles. The molecule has 0 bridgehead atoms. The quantitative estimate of drug-likeness (QED) is 0.529. The number of nitrogens with one attached hydrogen (secondary N) is 2. The van der Waals surface area contributed by atoms with Crippen LogP contribution in [-0.4, -0.2) is 27.9 Å². The molecule has 0 aliphatic rings. The van der Waals surface area contributed by atoms with Crippen LogP contribution in [0.25, 0.3) is 0 Å². The summed E-state index contributed by atoms with van der Waals surface area (Å²) in [6.07, 6.45) is 6.30. The highest BCUT2D eigenvalue weighted by atomic mass is 35.5. The predicted octanol–water partition coefficient (Wildman–Crippen LogP) is 3.60. The number of carbonyl (C=O) groups excluding carboxylic acids is 2. The lowest BCUT2D eigenvalue weighted by molar-refractivity contribution is -0.121. The van der Waals surface area contributed by atoms with E-state index >= 15 is 0 Å². The molecule has 1 heterocycles. The third-order valence-electron chi connectivity index (χ3n) is 4.49. The van der Waals surface area contributed by atoms with Crippen molar-refractivity contribution < 1.29 is 9.59 Å². The van der Waals surface area contributed by atoms with Gasteiger partial charge >= 0.3 is 0 Å². The molecule has 0 fully saturated rings. The summed E-state index contributed by atoms with van der Waals surface area (Å²) in [5, 5.41) is 6.23. The predicted molar refractivity (Wildman–Crippen MR) is 113 cm³/mol. The standard InChI is InChI=1S/C22H23ClN4O2/c23-19-10-5-4-9-18(19)22(29)26-20(17-7-2-1-3-8-17)15-21(28)25-11-6-13-27-14-12-24-16-27/h1-5,7-10,12,14,16,20H,6,11,13,15H2,(H,25,28)(H,26,29)/t20-/m1/s1. The van der Waals surface area contributed by atoms with Gasteiger partial charge in [0.25, 0.3) is 5.91 Å². The van der Waals surface area contributed by atoms with Gasteiger partial charge in [0, 0.05) is 25.5 Å². The molecule has 6 nitrogen and oxygen atoms in total. The molecule has 7 heteroatoms. The van der Waals surface area contributed by atoms with Gasteiger partial charge in [0.05, 0.1) is 29.4 Å². The number of carbonyl (C=O) groups is 2. The van der Waals surface area contributed by atoms with E-state index in [4.69, 9.17) is 11.6 Å². The van der Waals surface area contributed by atoms with E-state index in [-0.39, 0.29) is 18.2 Å². The van der Waals surface area contributed by atoms with E-state index in [0.717, 1.165) is 18.5 Å². The van der Waals surface area contributed by atoms with Gasteiger partial charge in [-0.1, -0.05) is 54.1 Å². The van der Waals surface area contributed by atoms with Crippen molar-refractivity contribution in [1.82, 2.24) is 20.2 Å². The molecule has 0 saturated heterocycles. The number of aryl methyl sites for hydroxylation is 1. The smallest absolute Gasteiger partial charge is 0.253 e. The Morgan fingerprint density at radius 2 is 1.83 bits per heavy atom. The number of rotatable bonds is 9. The first-order chi connectivity index (χ1) is 14.1. The van der Waals surface area contributed by atoms with Crippen molar-refractivity contribution in [1.29, 1.82) is 0 Å². The average Bonchev–Trinajstić information content (AvgIpc) is 3.25. The third-order valence-corrected chi connectivity index (χ3v) is 4.82. The minimum absolute atomic E-state index is 0.121. The molecule has 29 heavy (non-hydrogen) atoms. The number of benzene rings is 2. The minimum atomic E-state index is -0.450.